The number of likely N-dealkylation sites (N-methyl/N-ethyl adjacent to an activating group) is 1. The minimum atomic E-state index is -2.71. The van der Waals surface area contributed by atoms with Crippen molar-refractivity contribution < 1.29 is 44.4 Å². The van der Waals surface area contributed by atoms with Crippen LogP contribution in [-0.4, -0.2) is 81.6 Å². The number of rotatable bonds is 5. The maximum atomic E-state index is 13.9. The molecule has 214 valence electrons. The fourth-order valence-corrected chi connectivity index (χ4v) is 6.50. The van der Waals surface area contributed by atoms with E-state index >= 15 is 0 Å². The molecule has 3 aliphatic rings. The molecule has 0 saturated carbocycles. The Morgan fingerprint density at radius 2 is 1.83 bits per heavy atom. The lowest BCUT2D eigenvalue weighted by Crippen LogP contribution is -2.63. The van der Waals surface area contributed by atoms with Gasteiger partial charge in [-0.2, -0.15) is 0 Å². The number of hydroxylamine groups is 1. The van der Waals surface area contributed by atoms with Crippen molar-refractivity contribution in [1.29, 1.82) is 0 Å². The Kier molecular flexibility index (Phi) is 6.72. The molecule has 3 aliphatic carbocycles. The molecule has 2 amide bonds. The molecule has 0 spiro atoms. The molecular weight excluding hydrogens is 534 g/mol. The van der Waals surface area contributed by atoms with Crippen LogP contribution in [0.3, 0.4) is 0 Å². The summed E-state index contributed by atoms with van der Waals surface area (Å²) in [6.45, 7) is 0. The Balaban J connectivity index is 1.68. The summed E-state index contributed by atoms with van der Waals surface area (Å²) in [5.41, 5.74) is 5.55. The summed E-state index contributed by atoms with van der Waals surface area (Å²) < 4.78 is 0. The lowest BCUT2D eigenvalue weighted by molar-refractivity contribution is -0.148. The first-order valence-corrected chi connectivity index (χ1v) is 12.8. The lowest BCUT2D eigenvalue weighted by atomic mass is 9.58. The molecule has 2 aromatic carbocycles. The first-order chi connectivity index (χ1) is 19.3. The van der Waals surface area contributed by atoms with E-state index < -0.39 is 64.0 Å². The van der Waals surface area contributed by atoms with E-state index in [4.69, 9.17) is 10.6 Å². The predicted octanol–water partition coefficient (Wildman–Crippen LogP) is 1.08. The van der Waals surface area contributed by atoms with Crippen molar-refractivity contribution in [1.82, 2.24) is 10.4 Å². The Bertz CT molecular complexity index is 1590. The number of aliphatic hydroxyl groups excluding tert-OH is 2. The van der Waals surface area contributed by atoms with Gasteiger partial charge in [0, 0.05) is 17.1 Å². The van der Waals surface area contributed by atoms with Gasteiger partial charge in [0.1, 0.15) is 22.8 Å². The molecule has 41 heavy (non-hydrogen) atoms. The summed E-state index contributed by atoms with van der Waals surface area (Å²) in [7, 11) is 4.44. The van der Waals surface area contributed by atoms with Crippen molar-refractivity contribution in [2.45, 2.75) is 24.5 Å². The first-order valence-electron chi connectivity index (χ1n) is 12.8. The minimum absolute atomic E-state index is 0.0306. The Morgan fingerprint density at radius 1 is 1.12 bits per heavy atom. The molecule has 12 heteroatoms. The van der Waals surface area contributed by atoms with Gasteiger partial charge in [-0.15, -0.1) is 0 Å². The predicted molar refractivity (Wildman–Crippen MR) is 144 cm³/mol. The zero-order valence-corrected chi connectivity index (χ0v) is 22.5. The van der Waals surface area contributed by atoms with E-state index in [-0.39, 0.29) is 35.3 Å². The van der Waals surface area contributed by atoms with Gasteiger partial charge in [0.2, 0.25) is 5.78 Å². The summed E-state index contributed by atoms with van der Waals surface area (Å²) in [6, 6.07) is 8.42. The summed E-state index contributed by atoms with van der Waals surface area (Å²) in [5.74, 6) is -7.64. The second-order valence-corrected chi connectivity index (χ2v) is 10.7. The minimum Gasteiger partial charge on any atom is -0.510 e. The highest BCUT2D eigenvalue weighted by molar-refractivity contribution is 6.25. The number of amides is 2. The molecule has 5 rings (SSSR count). The van der Waals surface area contributed by atoms with Crippen molar-refractivity contribution in [2.24, 2.45) is 17.6 Å². The van der Waals surface area contributed by atoms with Crippen LogP contribution < -0.4 is 11.2 Å². The Morgan fingerprint density at radius 3 is 2.46 bits per heavy atom. The molecule has 0 radical (unpaired) electrons. The molecule has 0 heterocycles. The molecule has 0 saturated heterocycles. The van der Waals surface area contributed by atoms with Crippen LogP contribution >= 0.6 is 0 Å². The topological polar surface area (TPSA) is 200 Å². The Hall–Kier alpha value is -4.52. The van der Waals surface area contributed by atoms with Crippen LogP contribution in [0.4, 0.5) is 0 Å². The summed E-state index contributed by atoms with van der Waals surface area (Å²) in [4.78, 5) is 58.0. The van der Waals surface area contributed by atoms with E-state index in [9.17, 15) is 39.6 Å². The van der Waals surface area contributed by atoms with Gasteiger partial charge in [-0.1, -0.05) is 18.2 Å². The van der Waals surface area contributed by atoms with Crippen molar-refractivity contribution in [2.75, 3.05) is 21.2 Å². The van der Waals surface area contributed by atoms with Gasteiger partial charge in [-0.05, 0) is 67.7 Å². The van der Waals surface area contributed by atoms with Crippen molar-refractivity contribution >= 4 is 23.4 Å². The standard InChI is InChI=1S/C29H29N3O9/c1-32(2)22-17-11-14-10-16-15(12-5-4-6-13(9-12)28(39)31-41-3)7-8-18(33)20(16)23(34)19(14)25(36)29(17,40)26(37)21(24(22)35)27(30)38/h4-9,14,17,22,33,35-36,40H,10-11H2,1-3H3,(H2,30,38)(H,31,39)/t14-,17+,22?,29+/m1/s1. The highest BCUT2D eigenvalue weighted by Crippen LogP contribution is 2.53. The smallest absolute Gasteiger partial charge is 0.274 e. The van der Waals surface area contributed by atoms with Gasteiger partial charge >= 0.3 is 0 Å². The quantitative estimate of drug-likeness (QED) is 0.226. The van der Waals surface area contributed by atoms with E-state index in [0.717, 1.165) is 0 Å². The zero-order chi connectivity index (χ0) is 30.0. The van der Waals surface area contributed by atoms with Crippen LogP contribution in [0.25, 0.3) is 11.1 Å². The number of phenolic OH excluding ortho intramolecular Hbond substituents is 1. The van der Waals surface area contributed by atoms with Gasteiger partial charge in [0.05, 0.1) is 18.7 Å². The normalized spacial score (nSPS) is 25.5. The monoisotopic (exact) mass is 563 g/mol. The van der Waals surface area contributed by atoms with Crippen LogP contribution in [-0.2, 0) is 20.8 Å². The number of benzene rings is 2. The average molecular weight is 564 g/mol. The SMILES string of the molecule is CONC(=O)c1cccc(-c2ccc(O)c3c2C[C@@H]2C[C@H]4C(N(C)C)C(O)=C(C(N)=O)C(=O)[C@@]4(O)C(O)=C2C3=O)c1. The lowest BCUT2D eigenvalue weighted by Gasteiger charge is -2.50. The number of nitrogens with zero attached hydrogens (tertiary/aromatic N) is 1. The van der Waals surface area contributed by atoms with E-state index in [0.29, 0.717) is 16.7 Å². The number of Topliss-reactive ketones (excluding diaryl/α,β-unsaturated/α-hetero) is 2. The van der Waals surface area contributed by atoms with E-state index in [2.05, 4.69) is 5.48 Å². The average Bonchev–Trinajstić information content (AvgIpc) is 2.90. The number of nitrogens with one attached hydrogen (secondary N) is 1. The molecule has 0 bridgehead atoms. The number of aromatic hydroxyl groups is 1. The van der Waals surface area contributed by atoms with E-state index in [1.54, 1.807) is 44.4 Å². The third kappa shape index (κ3) is 4.02. The number of primary amides is 1. The molecule has 1 unspecified atom stereocenters. The fourth-order valence-electron chi connectivity index (χ4n) is 6.50. The first kappa shape index (κ1) is 28.0. The van der Waals surface area contributed by atoms with Crippen LogP contribution in [0.1, 0.15) is 32.7 Å². The number of aliphatic hydroxyl groups is 3. The molecule has 4 atom stereocenters. The van der Waals surface area contributed by atoms with Crippen LogP contribution in [0.5, 0.6) is 5.75 Å². The highest BCUT2D eigenvalue weighted by Gasteiger charge is 2.63. The maximum absolute atomic E-state index is 13.9. The second-order valence-electron chi connectivity index (χ2n) is 10.7. The van der Waals surface area contributed by atoms with E-state index in [1.807, 2.05) is 0 Å². The largest absolute Gasteiger partial charge is 0.510 e. The van der Waals surface area contributed by atoms with Gasteiger partial charge in [0.15, 0.2) is 11.4 Å². The van der Waals surface area contributed by atoms with Crippen molar-refractivity contribution in [3.8, 4) is 16.9 Å². The highest BCUT2D eigenvalue weighted by atomic mass is 16.6. The summed E-state index contributed by atoms with van der Waals surface area (Å²) >= 11 is 0. The number of carbonyl (C=O) groups excluding carboxylic acids is 4. The number of allylic oxidation sites excluding steroid dienone is 1. The van der Waals surface area contributed by atoms with Crippen LogP contribution in [0.15, 0.2) is 59.1 Å². The molecule has 7 N–H and O–H groups in total. The molecule has 0 aromatic heterocycles. The number of phenols is 1. The second kappa shape index (κ2) is 9.84. The van der Waals surface area contributed by atoms with Gasteiger partial charge < -0.3 is 26.2 Å². The van der Waals surface area contributed by atoms with Crippen molar-refractivity contribution in [3.63, 3.8) is 0 Å². The molecule has 12 nitrogen and oxygen atoms in total. The van der Waals surface area contributed by atoms with Crippen LogP contribution in [0.2, 0.25) is 0 Å². The third-order valence-electron chi connectivity index (χ3n) is 8.24. The summed E-state index contributed by atoms with van der Waals surface area (Å²) in [5, 5.41) is 44.8. The van der Waals surface area contributed by atoms with Crippen molar-refractivity contribution in [3.05, 3.63) is 75.8 Å². The summed E-state index contributed by atoms with van der Waals surface area (Å²) in [6.07, 6.45) is 0.0872. The number of ketones is 2. The van der Waals surface area contributed by atoms with Gasteiger partial charge in [0.25, 0.3) is 11.8 Å². The molecule has 2 aromatic rings. The number of fused-ring (bicyclic) bond motifs is 3. The zero-order valence-electron chi connectivity index (χ0n) is 22.5. The fraction of sp³-hybridized carbons (Fsp3) is 0.310. The Labute approximate surface area is 234 Å². The number of hydrogen-bond acceptors (Lipinski definition) is 10. The molecular formula is C29H29N3O9. The number of carbonyl (C=O) groups is 4. The van der Waals surface area contributed by atoms with Crippen LogP contribution in [0, 0.1) is 11.8 Å². The molecule has 0 aliphatic heterocycles. The number of nitrogens with two attached hydrogens (primary N) is 1. The molecule has 0 fully saturated rings. The van der Waals surface area contributed by atoms with E-state index in [1.165, 1.54) is 18.1 Å². The maximum Gasteiger partial charge on any atom is 0.274 e. The third-order valence-corrected chi connectivity index (χ3v) is 8.24. The van der Waals surface area contributed by atoms with Gasteiger partial charge in [-0.25, -0.2) is 5.48 Å². The van der Waals surface area contributed by atoms with Gasteiger partial charge in [-0.3, -0.25) is 28.9 Å². The number of hydrogen-bond donors (Lipinski definition) is 6.